The number of nitrogens with zero attached hydrogens (tertiary/aromatic N) is 1. The van der Waals surface area contributed by atoms with Gasteiger partial charge >= 0.3 is 6.18 Å². The van der Waals surface area contributed by atoms with E-state index in [0.29, 0.717) is 34.6 Å². The maximum atomic E-state index is 13.8. The summed E-state index contributed by atoms with van der Waals surface area (Å²) in [6.45, 7) is 2.84. The smallest absolute Gasteiger partial charge is 0.361 e. The molecule has 3 nitrogen and oxygen atoms in total. The van der Waals surface area contributed by atoms with Gasteiger partial charge in [-0.2, -0.15) is 13.2 Å². The summed E-state index contributed by atoms with van der Waals surface area (Å²) in [5, 5.41) is 1.27. The van der Waals surface area contributed by atoms with Gasteiger partial charge in [0.05, 0.1) is 16.6 Å². The Morgan fingerprint density at radius 1 is 1.03 bits per heavy atom. The molecule has 0 unspecified atom stereocenters. The summed E-state index contributed by atoms with van der Waals surface area (Å²) in [5.74, 6) is -0.227. The molecule has 1 heterocycles. The molecular formula is C29H26ClF3N2O. The summed E-state index contributed by atoms with van der Waals surface area (Å²) < 4.78 is 39.6. The lowest BCUT2D eigenvalue weighted by Gasteiger charge is -2.24. The lowest BCUT2D eigenvalue weighted by molar-refractivity contribution is -0.137. The van der Waals surface area contributed by atoms with Crippen molar-refractivity contribution in [3.8, 4) is 0 Å². The second kappa shape index (κ2) is 9.32. The van der Waals surface area contributed by atoms with Crippen LogP contribution < -0.4 is 0 Å². The fourth-order valence-corrected chi connectivity index (χ4v) is 4.83. The highest BCUT2D eigenvalue weighted by Crippen LogP contribution is 2.47. The van der Waals surface area contributed by atoms with Crippen molar-refractivity contribution in [2.75, 3.05) is 6.54 Å². The number of carbonyl (C=O) groups is 1. The van der Waals surface area contributed by atoms with Gasteiger partial charge in [-0.15, -0.1) is 0 Å². The van der Waals surface area contributed by atoms with Crippen LogP contribution in [0.15, 0.2) is 72.9 Å². The standard InChI is InChI=1S/C29H26ClF3N2O/c1-28(11-12-28)22-7-5-20(6-8-22)18-35(14-10-19-3-2-4-23(15-19)29(31,32)33)27(36)25-17-24(30)16-21-9-13-34-26(21)25/h2-9,13,15-17,34H,10-12,14,18H2,1H3. The van der Waals surface area contributed by atoms with Crippen molar-refractivity contribution in [1.29, 1.82) is 0 Å². The molecule has 186 valence electrons. The highest BCUT2D eigenvalue weighted by Gasteiger charge is 2.38. The Balaban J connectivity index is 1.43. The molecule has 36 heavy (non-hydrogen) atoms. The number of benzene rings is 3. The van der Waals surface area contributed by atoms with Gasteiger partial charge in [0.25, 0.3) is 5.91 Å². The van der Waals surface area contributed by atoms with Crippen molar-refractivity contribution >= 4 is 28.4 Å². The van der Waals surface area contributed by atoms with Crippen LogP contribution in [0.3, 0.4) is 0 Å². The zero-order chi connectivity index (χ0) is 25.5. The monoisotopic (exact) mass is 510 g/mol. The van der Waals surface area contributed by atoms with Crippen molar-refractivity contribution in [3.63, 3.8) is 0 Å². The lowest BCUT2D eigenvalue weighted by atomic mass is 9.97. The van der Waals surface area contributed by atoms with Gasteiger partial charge in [-0.25, -0.2) is 0 Å². The molecule has 1 aromatic heterocycles. The maximum Gasteiger partial charge on any atom is 0.416 e. The molecule has 0 bridgehead atoms. The first-order valence-corrected chi connectivity index (χ1v) is 12.3. The predicted molar refractivity (Wildman–Crippen MR) is 136 cm³/mol. The Bertz CT molecular complexity index is 1400. The molecule has 1 fully saturated rings. The van der Waals surface area contributed by atoms with Crippen molar-refractivity contribution < 1.29 is 18.0 Å². The molecule has 0 spiro atoms. The van der Waals surface area contributed by atoms with Gasteiger partial charge in [0, 0.05) is 29.7 Å². The topological polar surface area (TPSA) is 36.1 Å². The van der Waals surface area contributed by atoms with E-state index in [9.17, 15) is 18.0 Å². The summed E-state index contributed by atoms with van der Waals surface area (Å²) in [4.78, 5) is 18.6. The average molecular weight is 511 g/mol. The number of aromatic amines is 1. The van der Waals surface area contributed by atoms with Crippen LogP contribution in [0.4, 0.5) is 13.2 Å². The van der Waals surface area contributed by atoms with Crippen LogP contribution in [0, 0.1) is 0 Å². The van der Waals surface area contributed by atoms with Crippen LogP contribution in [-0.2, 0) is 24.6 Å². The van der Waals surface area contributed by atoms with Crippen molar-refractivity contribution in [2.45, 2.75) is 44.3 Å². The van der Waals surface area contributed by atoms with Crippen LogP contribution in [0.5, 0.6) is 0 Å². The highest BCUT2D eigenvalue weighted by molar-refractivity contribution is 6.32. The molecule has 4 aromatic rings. The van der Waals surface area contributed by atoms with Crippen LogP contribution in [0.1, 0.15) is 52.4 Å². The molecule has 0 radical (unpaired) electrons. The molecule has 5 rings (SSSR count). The summed E-state index contributed by atoms with van der Waals surface area (Å²) in [7, 11) is 0. The third kappa shape index (κ3) is 5.14. The van der Waals surface area contributed by atoms with Gasteiger partial charge in [-0.05, 0) is 65.6 Å². The lowest BCUT2D eigenvalue weighted by Crippen LogP contribution is -2.32. The van der Waals surface area contributed by atoms with E-state index in [2.05, 4.69) is 24.0 Å². The first kappa shape index (κ1) is 24.4. The second-order valence-electron chi connectivity index (χ2n) is 9.83. The van der Waals surface area contributed by atoms with E-state index in [4.69, 9.17) is 11.6 Å². The third-order valence-corrected chi connectivity index (χ3v) is 7.31. The zero-order valence-electron chi connectivity index (χ0n) is 19.8. The molecule has 1 amide bonds. The number of halogens is 4. The van der Waals surface area contributed by atoms with Crippen molar-refractivity contribution in [1.82, 2.24) is 9.88 Å². The van der Waals surface area contributed by atoms with Gasteiger partial charge in [0.2, 0.25) is 0 Å². The number of hydrogen-bond acceptors (Lipinski definition) is 1. The minimum atomic E-state index is -4.41. The minimum absolute atomic E-state index is 0.227. The number of carbonyl (C=O) groups excluding carboxylic acids is 1. The molecule has 0 saturated heterocycles. The Hall–Kier alpha value is -3.25. The third-order valence-electron chi connectivity index (χ3n) is 7.09. The van der Waals surface area contributed by atoms with E-state index in [1.807, 2.05) is 18.2 Å². The molecular weight excluding hydrogens is 485 g/mol. The van der Waals surface area contributed by atoms with E-state index in [1.165, 1.54) is 24.5 Å². The second-order valence-corrected chi connectivity index (χ2v) is 10.3. The number of hydrogen-bond donors (Lipinski definition) is 1. The van der Waals surface area contributed by atoms with Crippen molar-refractivity contribution in [2.24, 2.45) is 0 Å². The van der Waals surface area contributed by atoms with Gasteiger partial charge in [0.1, 0.15) is 0 Å². The highest BCUT2D eigenvalue weighted by atomic mass is 35.5. The van der Waals surface area contributed by atoms with E-state index in [1.54, 1.807) is 29.3 Å². The fourth-order valence-electron chi connectivity index (χ4n) is 4.60. The van der Waals surface area contributed by atoms with Crippen LogP contribution in [0.2, 0.25) is 5.02 Å². The van der Waals surface area contributed by atoms with Crippen LogP contribution >= 0.6 is 11.6 Å². The number of nitrogens with one attached hydrogen (secondary N) is 1. The van der Waals surface area contributed by atoms with E-state index in [-0.39, 0.29) is 17.9 Å². The zero-order valence-corrected chi connectivity index (χ0v) is 20.6. The number of rotatable bonds is 7. The van der Waals surface area contributed by atoms with Crippen LogP contribution in [-0.4, -0.2) is 22.3 Å². The molecule has 1 aliphatic rings. The number of aromatic nitrogens is 1. The van der Waals surface area contributed by atoms with Gasteiger partial charge in [-0.3, -0.25) is 4.79 Å². The fraction of sp³-hybridized carbons (Fsp3) is 0.276. The van der Waals surface area contributed by atoms with Crippen LogP contribution in [0.25, 0.3) is 10.9 Å². The summed E-state index contributed by atoms with van der Waals surface area (Å²) in [5.41, 5.74) is 3.46. The molecule has 1 aliphatic carbocycles. The largest absolute Gasteiger partial charge is 0.416 e. The molecule has 1 N–H and O–H groups in total. The predicted octanol–water partition coefficient (Wildman–Crippen LogP) is 7.78. The summed E-state index contributed by atoms with van der Waals surface area (Å²) in [6, 6.07) is 18.8. The van der Waals surface area contributed by atoms with E-state index < -0.39 is 11.7 Å². The molecule has 0 aliphatic heterocycles. The Morgan fingerprint density at radius 3 is 2.47 bits per heavy atom. The first-order valence-electron chi connectivity index (χ1n) is 11.9. The number of amides is 1. The first-order chi connectivity index (χ1) is 17.1. The molecule has 1 saturated carbocycles. The Kier molecular flexibility index (Phi) is 6.33. The molecule has 0 atom stereocenters. The molecule has 7 heteroatoms. The number of H-pyrrole nitrogens is 1. The van der Waals surface area contributed by atoms with E-state index >= 15 is 0 Å². The maximum absolute atomic E-state index is 13.8. The quantitative estimate of drug-likeness (QED) is 0.271. The number of fused-ring (bicyclic) bond motifs is 1. The normalized spacial score (nSPS) is 14.7. The minimum Gasteiger partial charge on any atom is -0.361 e. The Morgan fingerprint density at radius 2 is 1.78 bits per heavy atom. The van der Waals surface area contributed by atoms with Crippen molar-refractivity contribution in [3.05, 3.63) is 106 Å². The SMILES string of the molecule is CC1(c2ccc(CN(CCc3cccc(C(F)(F)F)c3)C(=O)c3cc(Cl)cc4cc[nH]c34)cc2)CC1. The number of alkyl halides is 3. The van der Waals surface area contributed by atoms with Gasteiger partial charge in [0.15, 0.2) is 0 Å². The summed E-state index contributed by atoms with van der Waals surface area (Å²) in [6.07, 6.45) is -0.0165. The van der Waals surface area contributed by atoms with Gasteiger partial charge < -0.3 is 9.88 Å². The van der Waals surface area contributed by atoms with Gasteiger partial charge in [-0.1, -0.05) is 61.0 Å². The molecule has 3 aromatic carbocycles. The summed E-state index contributed by atoms with van der Waals surface area (Å²) >= 11 is 6.30. The van der Waals surface area contributed by atoms with E-state index in [0.717, 1.165) is 23.1 Å². The Labute approximate surface area is 212 Å². The average Bonchev–Trinajstić information content (AvgIpc) is 3.42.